The average molecular weight is 324 g/mol. The second-order valence-corrected chi connectivity index (χ2v) is 8.59. The standard InChI is InChI=1S/C17H29N3OS/c1-11-7-12(2)10-20(9-11)15(21)8-18-17(5,6)16-19-13(3)14(4)22-16/h11-12,18H,7-10H2,1-6H3. The van der Waals surface area contributed by atoms with Crippen LogP contribution < -0.4 is 5.32 Å². The van der Waals surface area contributed by atoms with E-state index in [1.165, 1.54) is 11.3 Å². The van der Waals surface area contributed by atoms with Gasteiger partial charge in [0.15, 0.2) is 0 Å². The number of rotatable bonds is 4. The summed E-state index contributed by atoms with van der Waals surface area (Å²) in [4.78, 5) is 20.4. The molecule has 1 N–H and O–H groups in total. The molecule has 5 heteroatoms. The molecule has 1 aromatic heterocycles. The molecule has 2 heterocycles. The molecule has 0 spiro atoms. The Labute approximate surface area is 138 Å². The topological polar surface area (TPSA) is 45.2 Å². The van der Waals surface area contributed by atoms with Gasteiger partial charge < -0.3 is 4.90 Å². The van der Waals surface area contributed by atoms with E-state index in [9.17, 15) is 4.79 Å². The van der Waals surface area contributed by atoms with Crippen LogP contribution in [-0.4, -0.2) is 35.4 Å². The highest BCUT2D eigenvalue weighted by atomic mass is 32.1. The largest absolute Gasteiger partial charge is 0.341 e. The van der Waals surface area contributed by atoms with Crippen molar-refractivity contribution in [3.8, 4) is 0 Å². The average Bonchev–Trinajstić information content (AvgIpc) is 2.76. The Morgan fingerprint density at radius 2 is 1.91 bits per heavy atom. The fourth-order valence-electron chi connectivity index (χ4n) is 3.09. The number of carbonyl (C=O) groups is 1. The number of piperidine rings is 1. The zero-order chi connectivity index (χ0) is 16.5. The maximum Gasteiger partial charge on any atom is 0.236 e. The molecule has 4 nitrogen and oxygen atoms in total. The molecule has 0 saturated carbocycles. The summed E-state index contributed by atoms with van der Waals surface area (Å²) >= 11 is 1.71. The summed E-state index contributed by atoms with van der Waals surface area (Å²) in [6, 6.07) is 0. The van der Waals surface area contributed by atoms with E-state index in [0.717, 1.165) is 23.8 Å². The summed E-state index contributed by atoms with van der Waals surface area (Å²) < 4.78 is 0. The fraction of sp³-hybridized carbons (Fsp3) is 0.765. The van der Waals surface area contributed by atoms with Crippen molar-refractivity contribution in [2.75, 3.05) is 19.6 Å². The van der Waals surface area contributed by atoms with Gasteiger partial charge in [0.25, 0.3) is 0 Å². The van der Waals surface area contributed by atoms with E-state index < -0.39 is 0 Å². The van der Waals surface area contributed by atoms with E-state index in [-0.39, 0.29) is 11.4 Å². The highest BCUT2D eigenvalue weighted by molar-refractivity contribution is 7.11. The van der Waals surface area contributed by atoms with Crippen molar-refractivity contribution in [1.82, 2.24) is 15.2 Å². The zero-order valence-electron chi connectivity index (χ0n) is 14.7. The number of nitrogens with zero attached hydrogens (tertiary/aromatic N) is 2. The van der Waals surface area contributed by atoms with Crippen LogP contribution in [0.25, 0.3) is 0 Å². The molecule has 1 aliphatic heterocycles. The molecule has 2 atom stereocenters. The molecule has 0 aliphatic carbocycles. The van der Waals surface area contributed by atoms with Crippen LogP contribution in [0.2, 0.25) is 0 Å². The number of aromatic nitrogens is 1. The Morgan fingerprint density at radius 3 is 2.41 bits per heavy atom. The first-order valence-corrected chi connectivity index (χ1v) is 8.98. The van der Waals surface area contributed by atoms with E-state index in [0.29, 0.717) is 18.4 Å². The van der Waals surface area contributed by atoms with E-state index in [1.807, 2.05) is 11.8 Å². The van der Waals surface area contributed by atoms with Crippen molar-refractivity contribution in [3.05, 3.63) is 15.6 Å². The van der Waals surface area contributed by atoms with Crippen LogP contribution in [-0.2, 0) is 10.3 Å². The van der Waals surface area contributed by atoms with Crippen molar-refractivity contribution in [3.63, 3.8) is 0 Å². The Morgan fingerprint density at radius 1 is 1.32 bits per heavy atom. The van der Waals surface area contributed by atoms with Gasteiger partial charge in [0, 0.05) is 18.0 Å². The van der Waals surface area contributed by atoms with Gasteiger partial charge in [0.05, 0.1) is 17.8 Å². The van der Waals surface area contributed by atoms with Crippen molar-refractivity contribution >= 4 is 17.2 Å². The number of carbonyl (C=O) groups excluding carboxylic acids is 1. The Hall–Kier alpha value is -0.940. The van der Waals surface area contributed by atoms with Gasteiger partial charge in [-0.3, -0.25) is 10.1 Å². The number of hydrogen-bond acceptors (Lipinski definition) is 4. The van der Waals surface area contributed by atoms with Gasteiger partial charge in [0.1, 0.15) is 5.01 Å². The molecule has 2 rings (SSSR count). The number of amides is 1. The van der Waals surface area contributed by atoms with Crippen LogP contribution in [0.3, 0.4) is 0 Å². The molecule has 1 aromatic rings. The van der Waals surface area contributed by atoms with Gasteiger partial charge in [-0.1, -0.05) is 13.8 Å². The predicted molar refractivity (Wildman–Crippen MR) is 92.1 cm³/mol. The Balaban J connectivity index is 1.95. The first kappa shape index (κ1) is 17.4. The maximum absolute atomic E-state index is 12.5. The maximum atomic E-state index is 12.5. The minimum atomic E-state index is -0.271. The molecule has 0 radical (unpaired) electrons. The smallest absolute Gasteiger partial charge is 0.236 e. The number of nitrogens with one attached hydrogen (secondary N) is 1. The van der Waals surface area contributed by atoms with E-state index in [2.05, 4.69) is 44.9 Å². The quantitative estimate of drug-likeness (QED) is 0.926. The summed E-state index contributed by atoms with van der Waals surface area (Å²) in [5.41, 5.74) is 0.812. The SMILES string of the molecule is Cc1nc(C(C)(C)NCC(=O)N2CC(C)CC(C)C2)sc1C. The van der Waals surface area contributed by atoms with Gasteiger partial charge >= 0.3 is 0 Å². The van der Waals surface area contributed by atoms with Crippen LogP contribution >= 0.6 is 11.3 Å². The van der Waals surface area contributed by atoms with Crippen LogP contribution in [0.4, 0.5) is 0 Å². The summed E-state index contributed by atoms with van der Waals surface area (Å²) in [5.74, 6) is 1.41. The zero-order valence-corrected chi connectivity index (χ0v) is 15.5. The van der Waals surface area contributed by atoms with Gasteiger partial charge in [-0.2, -0.15) is 0 Å². The lowest BCUT2D eigenvalue weighted by Crippen LogP contribution is -2.49. The highest BCUT2D eigenvalue weighted by Crippen LogP contribution is 2.27. The molecular weight excluding hydrogens is 294 g/mol. The van der Waals surface area contributed by atoms with E-state index >= 15 is 0 Å². The monoisotopic (exact) mass is 323 g/mol. The third-order valence-corrected chi connectivity index (χ3v) is 5.86. The van der Waals surface area contributed by atoms with Crippen LogP contribution in [0, 0.1) is 25.7 Å². The van der Waals surface area contributed by atoms with Crippen molar-refractivity contribution < 1.29 is 4.79 Å². The Kier molecular flexibility index (Phi) is 5.28. The highest BCUT2D eigenvalue weighted by Gasteiger charge is 2.29. The number of thiazole rings is 1. The third-order valence-electron chi connectivity index (χ3n) is 4.47. The van der Waals surface area contributed by atoms with Crippen LogP contribution in [0.15, 0.2) is 0 Å². The molecule has 1 fully saturated rings. The van der Waals surface area contributed by atoms with E-state index in [4.69, 9.17) is 0 Å². The number of hydrogen-bond donors (Lipinski definition) is 1. The van der Waals surface area contributed by atoms with Gasteiger partial charge in [-0.05, 0) is 46.0 Å². The first-order valence-electron chi connectivity index (χ1n) is 8.16. The molecule has 1 saturated heterocycles. The normalized spacial score (nSPS) is 22.9. The second-order valence-electron chi connectivity index (χ2n) is 7.38. The summed E-state index contributed by atoms with van der Waals surface area (Å²) in [7, 11) is 0. The molecule has 1 amide bonds. The van der Waals surface area contributed by atoms with Crippen molar-refractivity contribution in [2.24, 2.45) is 11.8 Å². The molecule has 1 aliphatic rings. The van der Waals surface area contributed by atoms with Crippen molar-refractivity contribution in [1.29, 1.82) is 0 Å². The van der Waals surface area contributed by atoms with Gasteiger partial charge in [-0.25, -0.2) is 4.98 Å². The third kappa shape index (κ3) is 4.07. The van der Waals surface area contributed by atoms with Gasteiger partial charge in [0.2, 0.25) is 5.91 Å². The van der Waals surface area contributed by atoms with Gasteiger partial charge in [-0.15, -0.1) is 11.3 Å². The Bertz CT molecular complexity index is 509. The summed E-state index contributed by atoms with van der Waals surface area (Å²) in [5, 5.41) is 4.45. The summed E-state index contributed by atoms with van der Waals surface area (Å²) in [6.07, 6.45) is 1.22. The molecule has 2 unspecified atom stereocenters. The molecular formula is C17H29N3OS. The predicted octanol–water partition coefficient (Wildman–Crippen LogP) is 3.09. The molecule has 0 aromatic carbocycles. The van der Waals surface area contributed by atoms with Crippen LogP contribution in [0.5, 0.6) is 0 Å². The molecule has 22 heavy (non-hydrogen) atoms. The van der Waals surface area contributed by atoms with E-state index in [1.54, 1.807) is 11.3 Å². The minimum Gasteiger partial charge on any atom is -0.341 e. The minimum absolute atomic E-state index is 0.205. The number of likely N-dealkylation sites (tertiary alicyclic amines) is 1. The molecule has 124 valence electrons. The second kappa shape index (κ2) is 6.67. The lowest BCUT2D eigenvalue weighted by atomic mass is 9.92. The lowest BCUT2D eigenvalue weighted by molar-refractivity contribution is -0.133. The van der Waals surface area contributed by atoms with Crippen LogP contribution in [0.1, 0.15) is 49.7 Å². The van der Waals surface area contributed by atoms with Crippen molar-refractivity contribution in [2.45, 2.75) is 53.5 Å². The molecule has 0 bridgehead atoms. The number of aryl methyl sites for hydroxylation is 2. The first-order chi connectivity index (χ1) is 10.2. The fourth-order valence-corrected chi connectivity index (χ4v) is 4.08. The summed E-state index contributed by atoms with van der Waals surface area (Å²) in [6.45, 7) is 14.9. The lowest BCUT2D eigenvalue weighted by Gasteiger charge is -2.36.